The van der Waals surface area contributed by atoms with Gasteiger partial charge in [-0.25, -0.2) is 8.78 Å². The molecule has 0 saturated carbocycles. The molecule has 2 unspecified atom stereocenters. The molecule has 1 heterocycles. The predicted molar refractivity (Wildman–Crippen MR) is 99.2 cm³/mol. The van der Waals surface area contributed by atoms with Crippen molar-refractivity contribution in [2.24, 2.45) is 5.73 Å². The van der Waals surface area contributed by atoms with E-state index in [9.17, 15) is 18.7 Å². The van der Waals surface area contributed by atoms with Gasteiger partial charge >= 0.3 is 0 Å². The zero-order chi connectivity index (χ0) is 20.2. The van der Waals surface area contributed by atoms with Crippen molar-refractivity contribution >= 4 is 5.91 Å². The fourth-order valence-electron chi connectivity index (χ4n) is 2.64. The van der Waals surface area contributed by atoms with Gasteiger partial charge in [-0.3, -0.25) is 9.78 Å². The third kappa shape index (κ3) is 6.08. The quantitative estimate of drug-likeness (QED) is 0.721. The Bertz CT molecular complexity index is 806. The van der Waals surface area contributed by atoms with E-state index in [2.05, 4.69) is 10.3 Å². The molecule has 0 spiro atoms. The number of aliphatic hydroxyl groups excluding tert-OH is 1. The van der Waals surface area contributed by atoms with Crippen LogP contribution < -0.4 is 11.1 Å². The Hall–Kier alpha value is -2.38. The number of rotatable bonds is 6. The number of hydrogen-bond donors (Lipinski definition) is 3. The number of nitrogens with one attached hydrogen (secondary N) is 1. The van der Waals surface area contributed by atoms with Crippen LogP contribution in [0.25, 0.3) is 0 Å². The van der Waals surface area contributed by atoms with E-state index in [1.165, 1.54) is 12.3 Å². The Kier molecular flexibility index (Phi) is 6.62. The standard InChI is InChI=1S/C20H25F2N3O2/c1-20(2,3)25-19(27)13-5-4-8-24-17(13)11-18(26)16(23)10-12-6-7-14(21)15(22)9-12/h4-9,16,18,26H,10-11,23H2,1-3H3,(H,25,27). The Labute approximate surface area is 157 Å². The highest BCUT2D eigenvalue weighted by molar-refractivity contribution is 5.95. The molecule has 0 aliphatic carbocycles. The van der Waals surface area contributed by atoms with Crippen LogP contribution in [-0.2, 0) is 12.8 Å². The average Bonchev–Trinajstić information content (AvgIpc) is 2.57. The van der Waals surface area contributed by atoms with E-state index in [0.717, 1.165) is 12.1 Å². The van der Waals surface area contributed by atoms with Crippen LogP contribution in [0, 0.1) is 11.6 Å². The molecule has 0 saturated heterocycles. The number of amides is 1. The van der Waals surface area contributed by atoms with Crippen LogP contribution in [0.4, 0.5) is 8.78 Å². The summed E-state index contributed by atoms with van der Waals surface area (Å²) < 4.78 is 26.3. The van der Waals surface area contributed by atoms with Gasteiger partial charge in [0.05, 0.1) is 17.4 Å². The second-order valence-electron chi connectivity index (χ2n) is 7.59. The van der Waals surface area contributed by atoms with Gasteiger partial charge in [0.1, 0.15) is 0 Å². The van der Waals surface area contributed by atoms with Gasteiger partial charge in [0.25, 0.3) is 5.91 Å². The van der Waals surface area contributed by atoms with E-state index < -0.39 is 29.3 Å². The number of nitrogens with zero attached hydrogens (tertiary/aromatic N) is 1. The molecule has 1 amide bonds. The fourth-order valence-corrected chi connectivity index (χ4v) is 2.64. The van der Waals surface area contributed by atoms with Crippen LogP contribution in [0.5, 0.6) is 0 Å². The Morgan fingerprint density at radius 2 is 1.93 bits per heavy atom. The average molecular weight is 377 g/mol. The summed E-state index contributed by atoms with van der Waals surface area (Å²) in [6.45, 7) is 5.61. The molecular weight excluding hydrogens is 352 g/mol. The molecule has 1 aromatic carbocycles. The minimum atomic E-state index is -1.01. The summed E-state index contributed by atoms with van der Waals surface area (Å²) in [4.78, 5) is 16.7. The molecule has 4 N–H and O–H groups in total. The van der Waals surface area contributed by atoms with Crippen LogP contribution in [0.15, 0.2) is 36.5 Å². The van der Waals surface area contributed by atoms with Crippen molar-refractivity contribution in [3.63, 3.8) is 0 Å². The van der Waals surface area contributed by atoms with Gasteiger partial charge in [-0.15, -0.1) is 0 Å². The van der Waals surface area contributed by atoms with E-state index in [-0.39, 0.29) is 18.7 Å². The number of aromatic nitrogens is 1. The van der Waals surface area contributed by atoms with Crippen molar-refractivity contribution in [2.45, 2.75) is 51.3 Å². The zero-order valence-corrected chi connectivity index (χ0v) is 15.7. The Balaban J connectivity index is 2.09. The van der Waals surface area contributed by atoms with Gasteiger partial charge < -0.3 is 16.2 Å². The molecular formula is C20H25F2N3O2. The molecule has 0 bridgehead atoms. The molecule has 27 heavy (non-hydrogen) atoms. The normalized spacial score (nSPS) is 13.9. The van der Waals surface area contributed by atoms with Crippen molar-refractivity contribution in [2.75, 3.05) is 0 Å². The number of pyridine rings is 1. The van der Waals surface area contributed by atoms with Crippen LogP contribution in [0.1, 0.15) is 42.4 Å². The summed E-state index contributed by atoms with van der Waals surface area (Å²) in [5.74, 6) is -2.18. The maximum atomic E-state index is 13.3. The lowest BCUT2D eigenvalue weighted by atomic mass is 9.97. The number of carbonyl (C=O) groups excluding carboxylic acids is 1. The summed E-state index contributed by atoms with van der Waals surface area (Å²) in [6.07, 6.45) is 0.763. The van der Waals surface area contributed by atoms with Gasteiger partial charge in [0.15, 0.2) is 11.6 Å². The third-order valence-electron chi connectivity index (χ3n) is 3.98. The van der Waals surface area contributed by atoms with E-state index in [1.54, 1.807) is 12.1 Å². The minimum absolute atomic E-state index is 0.0680. The zero-order valence-electron chi connectivity index (χ0n) is 15.7. The number of nitrogens with two attached hydrogens (primary N) is 1. The minimum Gasteiger partial charge on any atom is -0.391 e. The van der Waals surface area contributed by atoms with E-state index in [1.807, 2.05) is 20.8 Å². The van der Waals surface area contributed by atoms with Crippen molar-refractivity contribution in [3.05, 3.63) is 65.0 Å². The lowest BCUT2D eigenvalue weighted by molar-refractivity contribution is 0.0916. The number of halogens is 2. The van der Waals surface area contributed by atoms with Gasteiger partial charge in [0.2, 0.25) is 0 Å². The highest BCUT2D eigenvalue weighted by atomic mass is 19.2. The van der Waals surface area contributed by atoms with Crippen LogP contribution in [-0.4, -0.2) is 33.7 Å². The van der Waals surface area contributed by atoms with E-state index in [4.69, 9.17) is 5.73 Å². The molecule has 7 heteroatoms. The van der Waals surface area contributed by atoms with E-state index >= 15 is 0 Å². The largest absolute Gasteiger partial charge is 0.391 e. The second kappa shape index (κ2) is 8.54. The van der Waals surface area contributed by atoms with Gasteiger partial charge in [-0.1, -0.05) is 6.07 Å². The monoisotopic (exact) mass is 377 g/mol. The molecule has 1 aromatic heterocycles. The Morgan fingerprint density at radius 1 is 1.22 bits per heavy atom. The lowest BCUT2D eigenvalue weighted by Gasteiger charge is -2.23. The van der Waals surface area contributed by atoms with Gasteiger partial charge in [0, 0.05) is 24.2 Å². The van der Waals surface area contributed by atoms with Crippen molar-refractivity contribution in [1.82, 2.24) is 10.3 Å². The first-order valence-electron chi connectivity index (χ1n) is 8.71. The van der Waals surface area contributed by atoms with E-state index in [0.29, 0.717) is 16.8 Å². The SMILES string of the molecule is CC(C)(C)NC(=O)c1cccnc1CC(O)C(N)Cc1ccc(F)c(F)c1. The molecule has 0 aliphatic heterocycles. The summed E-state index contributed by atoms with van der Waals surface area (Å²) in [5, 5.41) is 13.3. The third-order valence-corrected chi connectivity index (χ3v) is 3.98. The lowest BCUT2D eigenvalue weighted by Crippen LogP contribution is -2.42. The molecule has 5 nitrogen and oxygen atoms in total. The first kappa shape index (κ1) is 20.9. The number of benzene rings is 1. The maximum Gasteiger partial charge on any atom is 0.253 e. The fraction of sp³-hybridized carbons (Fsp3) is 0.400. The number of hydrogen-bond acceptors (Lipinski definition) is 4. The van der Waals surface area contributed by atoms with Gasteiger partial charge in [-0.2, -0.15) is 0 Å². The summed E-state index contributed by atoms with van der Waals surface area (Å²) in [5.41, 5.74) is 6.88. The van der Waals surface area contributed by atoms with Crippen LogP contribution in [0.3, 0.4) is 0 Å². The van der Waals surface area contributed by atoms with Gasteiger partial charge in [-0.05, 0) is 57.0 Å². The first-order chi connectivity index (χ1) is 12.6. The molecule has 0 aliphatic rings. The maximum absolute atomic E-state index is 13.3. The Morgan fingerprint density at radius 3 is 2.56 bits per heavy atom. The summed E-state index contributed by atoms with van der Waals surface area (Å²) in [7, 11) is 0. The van der Waals surface area contributed by atoms with Crippen molar-refractivity contribution in [1.29, 1.82) is 0 Å². The molecule has 146 valence electrons. The summed E-state index contributed by atoms with van der Waals surface area (Å²) in [6, 6.07) is 6.07. The van der Waals surface area contributed by atoms with Crippen molar-refractivity contribution < 1.29 is 18.7 Å². The number of carbonyl (C=O) groups is 1. The molecule has 2 rings (SSSR count). The summed E-state index contributed by atoms with van der Waals surface area (Å²) >= 11 is 0. The van der Waals surface area contributed by atoms with Crippen LogP contribution >= 0.6 is 0 Å². The first-order valence-corrected chi connectivity index (χ1v) is 8.71. The molecule has 0 radical (unpaired) electrons. The number of aliphatic hydroxyl groups is 1. The highest BCUT2D eigenvalue weighted by Crippen LogP contribution is 2.15. The second-order valence-corrected chi connectivity index (χ2v) is 7.59. The van der Waals surface area contributed by atoms with Crippen molar-refractivity contribution in [3.8, 4) is 0 Å². The molecule has 2 atom stereocenters. The highest BCUT2D eigenvalue weighted by Gasteiger charge is 2.22. The predicted octanol–water partition coefficient (Wildman–Crippen LogP) is 2.36. The molecule has 0 fully saturated rings. The topological polar surface area (TPSA) is 88.2 Å². The molecule has 2 aromatic rings. The van der Waals surface area contributed by atoms with Crippen LogP contribution in [0.2, 0.25) is 0 Å². The smallest absolute Gasteiger partial charge is 0.253 e.